The van der Waals surface area contributed by atoms with E-state index in [4.69, 9.17) is 0 Å². The number of ketones is 1. The Morgan fingerprint density at radius 2 is 2.00 bits per heavy atom. The Morgan fingerprint density at radius 3 is 2.43 bits per heavy atom. The highest BCUT2D eigenvalue weighted by Gasteiger charge is 2.04. The summed E-state index contributed by atoms with van der Waals surface area (Å²) in [7, 11) is 0. The van der Waals surface area contributed by atoms with Crippen molar-refractivity contribution < 1.29 is 4.79 Å². The summed E-state index contributed by atoms with van der Waals surface area (Å²) in [5.41, 5.74) is 1.77. The van der Waals surface area contributed by atoms with Gasteiger partial charge in [0.25, 0.3) is 0 Å². The van der Waals surface area contributed by atoms with E-state index in [2.05, 4.69) is 9.97 Å². The summed E-state index contributed by atoms with van der Waals surface area (Å²) in [5, 5.41) is 0. The molecule has 0 atom stereocenters. The smallest absolute Gasteiger partial charge is 0.155 e. The molecule has 0 aliphatic rings. The van der Waals surface area contributed by atoms with Gasteiger partial charge in [0.2, 0.25) is 0 Å². The molecule has 3 heteroatoms. The van der Waals surface area contributed by atoms with E-state index in [0.29, 0.717) is 6.42 Å². The predicted molar refractivity (Wildman–Crippen MR) is 54.9 cm³/mol. The van der Waals surface area contributed by atoms with Crippen LogP contribution >= 0.6 is 0 Å². The fourth-order valence-electron chi connectivity index (χ4n) is 1.16. The molecule has 1 aromatic rings. The largest absolute Gasteiger partial charge is 0.295 e. The van der Waals surface area contributed by atoms with Crippen molar-refractivity contribution in [3.05, 3.63) is 35.4 Å². The average Bonchev–Trinajstić information content (AvgIpc) is 2.16. The second kappa shape index (κ2) is 4.65. The molecule has 0 aromatic carbocycles. The van der Waals surface area contributed by atoms with E-state index in [0.717, 1.165) is 17.0 Å². The quantitative estimate of drug-likeness (QED) is 0.683. The van der Waals surface area contributed by atoms with Gasteiger partial charge in [-0.1, -0.05) is 6.08 Å². The zero-order valence-electron chi connectivity index (χ0n) is 8.74. The number of aryl methyl sites for hydroxylation is 1. The number of Topliss-reactive ketones (excluding diaryl/α,β-unsaturated/α-hetero) is 1. The van der Waals surface area contributed by atoms with Gasteiger partial charge in [0, 0.05) is 18.8 Å². The Morgan fingerprint density at radius 1 is 1.43 bits per heavy atom. The second-order valence-electron chi connectivity index (χ2n) is 3.19. The van der Waals surface area contributed by atoms with Crippen molar-refractivity contribution in [2.75, 3.05) is 0 Å². The van der Waals surface area contributed by atoms with Crippen LogP contribution in [0.5, 0.6) is 0 Å². The van der Waals surface area contributed by atoms with E-state index in [1.807, 2.05) is 19.9 Å². The summed E-state index contributed by atoms with van der Waals surface area (Å²) in [5.74, 6) is 0.853. The third-order valence-electron chi connectivity index (χ3n) is 2.03. The third kappa shape index (κ3) is 2.76. The maximum atomic E-state index is 11.1. The van der Waals surface area contributed by atoms with Crippen LogP contribution in [0.2, 0.25) is 0 Å². The first kappa shape index (κ1) is 10.6. The zero-order valence-corrected chi connectivity index (χ0v) is 8.74. The van der Waals surface area contributed by atoms with Crippen molar-refractivity contribution >= 4 is 5.78 Å². The zero-order chi connectivity index (χ0) is 10.6. The Labute approximate surface area is 83.9 Å². The van der Waals surface area contributed by atoms with E-state index in [-0.39, 0.29) is 5.78 Å². The van der Waals surface area contributed by atoms with Gasteiger partial charge in [0.15, 0.2) is 5.78 Å². The Hall–Kier alpha value is -1.51. The van der Waals surface area contributed by atoms with Gasteiger partial charge in [-0.3, -0.25) is 4.79 Å². The number of allylic oxidation sites excluding steroid dienone is 2. The molecule has 0 saturated carbocycles. The Balaban J connectivity index is 2.78. The van der Waals surface area contributed by atoms with Crippen LogP contribution in [0.15, 0.2) is 24.0 Å². The SMILES string of the molecule is C/C=C(/Cc1cnc(C)nc1)C(C)=O. The fraction of sp³-hybridized carbons (Fsp3) is 0.364. The second-order valence-corrected chi connectivity index (χ2v) is 3.19. The van der Waals surface area contributed by atoms with E-state index < -0.39 is 0 Å². The monoisotopic (exact) mass is 190 g/mol. The number of rotatable bonds is 3. The van der Waals surface area contributed by atoms with Crippen LogP contribution in [-0.2, 0) is 11.2 Å². The number of nitrogens with zero attached hydrogens (tertiary/aromatic N) is 2. The maximum absolute atomic E-state index is 11.1. The standard InChI is InChI=1S/C11H14N2O/c1-4-11(8(2)14)5-10-6-12-9(3)13-7-10/h4,6-7H,5H2,1-3H3/b11-4-. The minimum Gasteiger partial charge on any atom is -0.295 e. The number of hydrogen-bond acceptors (Lipinski definition) is 3. The number of carbonyl (C=O) groups is 1. The molecule has 0 radical (unpaired) electrons. The van der Waals surface area contributed by atoms with Gasteiger partial charge in [0.1, 0.15) is 5.82 Å². The Bertz CT molecular complexity index is 352. The fourth-order valence-corrected chi connectivity index (χ4v) is 1.16. The van der Waals surface area contributed by atoms with Crippen molar-refractivity contribution in [1.82, 2.24) is 9.97 Å². The molecular weight excluding hydrogens is 176 g/mol. The summed E-state index contributed by atoms with van der Waals surface area (Å²) in [6.07, 6.45) is 5.97. The summed E-state index contributed by atoms with van der Waals surface area (Å²) in [4.78, 5) is 19.3. The first-order chi connectivity index (χ1) is 6.63. The third-order valence-corrected chi connectivity index (χ3v) is 2.03. The molecule has 0 spiro atoms. The lowest BCUT2D eigenvalue weighted by atomic mass is 10.0. The lowest BCUT2D eigenvalue weighted by Crippen LogP contribution is -2.01. The lowest BCUT2D eigenvalue weighted by Gasteiger charge is -2.02. The molecule has 0 fully saturated rings. The van der Waals surface area contributed by atoms with Crippen LogP contribution in [-0.4, -0.2) is 15.8 Å². The van der Waals surface area contributed by atoms with Gasteiger partial charge < -0.3 is 0 Å². The number of carbonyl (C=O) groups excluding carboxylic acids is 1. The van der Waals surface area contributed by atoms with Crippen LogP contribution in [0, 0.1) is 6.92 Å². The molecule has 0 N–H and O–H groups in total. The van der Waals surface area contributed by atoms with Crippen LogP contribution in [0.3, 0.4) is 0 Å². The molecule has 1 aromatic heterocycles. The first-order valence-electron chi connectivity index (χ1n) is 4.57. The molecule has 1 rings (SSSR count). The van der Waals surface area contributed by atoms with Crippen molar-refractivity contribution in [1.29, 1.82) is 0 Å². The van der Waals surface area contributed by atoms with Gasteiger partial charge in [-0.25, -0.2) is 9.97 Å². The predicted octanol–water partition coefficient (Wildman–Crippen LogP) is 1.86. The topological polar surface area (TPSA) is 42.9 Å². The van der Waals surface area contributed by atoms with Crippen LogP contribution in [0.25, 0.3) is 0 Å². The minimum absolute atomic E-state index is 0.105. The molecule has 74 valence electrons. The summed E-state index contributed by atoms with van der Waals surface area (Å²) < 4.78 is 0. The van der Waals surface area contributed by atoms with Gasteiger partial charge in [0.05, 0.1) is 0 Å². The molecule has 14 heavy (non-hydrogen) atoms. The van der Waals surface area contributed by atoms with Crippen LogP contribution in [0.4, 0.5) is 0 Å². The van der Waals surface area contributed by atoms with Gasteiger partial charge in [-0.2, -0.15) is 0 Å². The minimum atomic E-state index is 0.105. The highest BCUT2D eigenvalue weighted by Crippen LogP contribution is 2.06. The van der Waals surface area contributed by atoms with Crippen LogP contribution in [0.1, 0.15) is 25.2 Å². The van der Waals surface area contributed by atoms with E-state index in [1.54, 1.807) is 19.3 Å². The van der Waals surface area contributed by atoms with E-state index in [9.17, 15) is 4.79 Å². The number of hydrogen-bond donors (Lipinski definition) is 0. The molecular formula is C11H14N2O. The maximum Gasteiger partial charge on any atom is 0.155 e. The summed E-state index contributed by atoms with van der Waals surface area (Å²) in [6.45, 7) is 5.28. The summed E-state index contributed by atoms with van der Waals surface area (Å²) >= 11 is 0. The molecule has 0 saturated heterocycles. The number of aromatic nitrogens is 2. The molecule has 0 aliphatic heterocycles. The van der Waals surface area contributed by atoms with E-state index in [1.165, 1.54) is 0 Å². The van der Waals surface area contributed by atoms with E-state index >= 15 is 0 Å². The molecule has 0 aliphatic carbocycles. The normalized spacial score (nSPS) is 11.5. The van der Waals surface area contributed by atoms with Gasteiger partial charge in [-0.15, -0.1) is 0 Å². The molecule has 1 heterocycles. The average molecular weight is 190 g/mol. The van der Waals surface area contributed by atoms with Crippen molar-refractivity contribution in [2.24, 2.45) is 0 Å². The highest BCUT2D eigenvalue weighted by atomic mass is 16.1. The van der Waals surface area contributed by atoms with Crippen LogP contribution < -0.4 is 0 Å². The van der Waals surface area contributed by atoms with Gasteiger partial charge >= 0.3 is 0 Å². The molecule has 0 amide bonds. The molecule has 3 nitrogen and oxygen atoms in total. The van der Waals surface area contributed by atoms with Crippen molar-refractivity contribution in [3.63, 3.8) is 0 Å². The lowest BCUT2D eigenvalue weighted by molar-refractivity contribution is -0.113. The van der Waals surface area contributed by atoms with Crippen molar-refractivity contribution in [2.45, 2.75) is 27.2 Å². The molecule has 0 unspecified atom stereocenters. The highest BCUT2D eigenvalue weighted by molar-refractivity contribution is 5.93. The van der Waals surface area contributed by atoms with Crippen molar-refractivity contribution in [3.8, 4) is 0 Å². The first-order valence-corrected chi connectivity index (χ1v) is 4.57. The molecule has 0 bridgehead atoms. The summed E-state index contributed by atoms with van der Waals surface area (Å²) in [6, 6.07) is 0. The Kier molecular flexibility index (Phi) is 3.51. The van der Waals surface area contributed by atoms with Gasteiger partial charge in [-0.05, 0) is 31.9 Å².